The average Bonchev–Trinajstić information content (AvgIpc) is 2.33. The normalized spacial score (nSPS) is 35.7. The number of hydrogen-bond donors (Lipinski definition) is 1. The third kappa shape index (κ3) is 2.97. The molecule has 1 saturated carbocycles. The number of hydrogen-bond acceptors (Lipinski definition) is 3. The number of rotatable bonds is 2. The van der Waals surface area contributed by atoms with Crippen molar-refractivity contribution in [2.45, 2.75) is 64.0 Å². The molecule has 2 fully saturated rings. The molecule has 3 atom stereocenters. The maximum absolute atomic E-state index is 11.9. The summed E-state index contributed by atoms with van der Waals surface area (Å²) in [4.78, 5) is 11.9. The van der Waals surface area contributed by atoms with E-state index in [-0.39, 0.29) is 18.1 Å². The third-order valence-electron chi connectivity index (χ3n) is 3.90. The second-order valence-electron chi connectivity index (χ2n) is 5.24. The van der Waals surface area contributed by atoms with Crippen LogP contribution in [0.4, 0.5) is 0 Å². The number of piperidine rings is 1. The van der Waals surface area contributed by atoms with Gasteiger partial charge in [-0.2, -0.15) is 0 Å². The van der Waals surface area contributed by atoms with Crippen LogP contribution in [0, 0.1) is 5.92 Å². The van der Waals surface area contributed by atoms with Gasteiger partial charge in [0, 0.05) is 0 Å². The number of carbonyl (C=O) groups excluding carboxylic acids is 1. The van der Waals surface area contributed by atoms with Crippen molar-refractivity contribution >= 4 is 5.97 Å². The van der Waals surface area contributed by atoms with Gasteiger partial charge >= 0.3 is 5.97 Å². The van der Waals surface area contributed by atoms with Gasteiger partial charge in [0.05, 0.1) is 0 Å². The van der Waals surface area contributed by atoms with Crippen LogP contribution in [0.25, 0.3) is 0 Å². The van der Waals surface area contributed by atoms with Crippen molar-refractivity contribution in [3.05, 3.63) is 0 Å². The first-order valence-electron chi connectivity index (χ1n) is 6.71. The molecule has 1 aliphatic carbocycles. The molecule has 2 unspecified atom stereocenters. The summed E-state index contributed by atoms with van der Waals surface area (Å²) in [5.74, 6) is 0.528. The lowest BCUT2D eigenvalue weighted by molar-refractivity contribution is -0.156. The van der Waals surface area contributed by atoms with E-state index in [1.807, 2.05) is 0 Å². The molecule has 0 amide bonds. The molecule has 0 aromatic rings. The Morgan fingerprint density at radius 1 is 1.12 bits per heavy atom. The van der Waals surface area contributed by atoms with Gasteiger partial charge in [-0.05, 0) is 44.6 Å². The summed E-state index contributed by atoms with van der Waals surface area (Å²) in [6.07, 6.45) is 8.20. The molecule has 0 radical (unpaired) electrons. The fraction of sp³-hybridized carbons (Fsp3) is 0.923. The Hall–Kier alpha value is -0.570. The van der Waals surface area contributed by atoms with Crippen molar-refractivity contribution < 1.29 is 9.53 Å². The average molecular weight is 225 g/mol. The van der Waals surface area contributed by atoms with Crippen LogP contribution in [0.15, 0.2) is 0 Å². The van der Waals surface area contributed by atoms with Crippen LogP contribution in [0.2, 0.25) is 0 Å². The monoisotopic (exact) mass is 225 g/mol. The number of carbonyl (C=O) groups is 1. The Bertz CT molecular complexity index is 236. The highest BCUT2D eigenvalue weighted by molar-refractivity contribution is 5.76. The van der Waals surface area contributed by atoms with Gasteiger partial charge in [0.1, 0.15) is 12.1 Å². The smallest absolute Gasteiger partial charge is 0.323 e. The maximum Gasteiger partial charge on any atom is 0.323 e. The summed E-state index contributed by atoms with van der Waals surface area (Å²) >= 11 is 0. The number of esters is 1. The van der Waals surface area contributed by atoms with Crippen molar-refractivity contribution in [3.63, 3.8) is 0 Å². The minimum absolute atomic E-state index is 0.0153. The summed E-state index contributed by atoms with van der Waals surface area (Å²) in [7, 11) is 0. The van der Waals surface area contributed by atoms with Gasteiger partial charge in [-0.3, -0.25) is 4.79 Å². The Morgan fingerprint density at radius 3 is 2.56 bits per heavy atom. The zero-order valence-corrected chi connectivity index (χ0v) is 10.2. The van der Waals surface area contributed by atoms with E-state index in [1.165, 1.54) is 25.7 Å². The minimum atomic E-state index is -0.0390. The topological polar surface area (TPSA) is 38.3 Å². The van der Waals surface area contributed by atoms with Gasteiger partial charge in [0.2, 0.25) is 0 Å². The quantitative estimate of drug-likeness (QED) is 0.733. The third-order valence-corrected chi connectivity index (χ3v) is 3.90. The van der Waals surface area contributed by atoms with Crippen LogP contribution in [-0.4, -0.2) is 24.7 Å². The maximum atomic E-state index is 11.9. The Balaban J connectivity index is 1.80. The molecular weight excluding hydrogens is 202 g/mol. The summed E-state index contributed by atoms with van der Waals surface area (Å²) in [6.45, 7) is 3.16. The lowest BCUT2D eigenvalue weighted by Crippen LogP contribution is -2.43. The largest absolute Gasteiger partial charge is 0.461 e. The van der Waals surface area contributed by atoms with Crippen molar-refractivity contribution in [1.82, 2.24) is 5.32 Å². The van der Waals surface area contributed by atoms with Crippen LogP contribution in [0.1, 0.15) is 51.9 Å². The number of nitrogens with one attached hydrogen (secondary N) is 1. The SMILES string of the molecule is CC1CCCCC1OC(=O)[C@H]1CCCCN1. The van der Waals surface area contributed by atoms with E-state index in [4.69, 9.17) is 4.74 Å². The molecule has 1 saturated heterocycles. The Kier molecular flexibility index (Phi) is 4.22. The Labute approximate surface area is 97.9 Å². The minimum Gasteiger partial charge on any atom is -0.461 e. The molecule has 3 heteroatoms. The van der Waals surface area contributed by atoms with Gasteiger partial charge in [0.15, 0.2) is 0 Å². The van der Waals surface area contributed by atoms with E-state index < -0.39 is 0 Å². The molecule has 2 aliphatic rings. The van der Waals surface area contributed by atoms with Crippen molar-refractivity contribution in [2.24, 2.45) is 5.92 Å². The van der Waals surface area contributed by atoms with Crippen molar-refractivity contribution in [3.8, 4) is 0 Å². The lowest BCUT2D eigenvalue weighted by atomic mass is 9.88. The van der Waals surface area contributed by atoms with Gasteiger partial charge in [-0.15, -0.1) is 0 Å². The molecule has 0 spiro atoms. The van der Waals surface area contributed by atoms with Gasteiger partial charge in [0.25, 0.3) is 0 Å². The molecular formula is C13H23NO2. The first-order chi connectivity index (χ1) is 7.77. The molecule has 1 N–H and O–H groups in total. The number of ether oxygens (including phenoxy) is 1. The molecule has 0 bridgehead atoms. The van der Waals surface area contributed by atoms with Crippen molar-refractivity contribution in [1.29, 1.82) is 0 Å². The predicted molar refractivity (Wildman–Crippen MR) is 63.2 cm³/mol. The molecule has 92 valence electrons. The summed E-state index contributed by atoms with van der Waals surface area (Å²) in [6, 6.07) is -0.0390. The van der Waals surface area contributed by atoms with Gasteiger partial charge < -0.3 is 10.1 Å². The highest BCUT2D eigenvalue weighted by Gasteiger charge is 2.28. The van der Waals surface area contributed by atoms with E-state index in [2.05, 4.69) is 12.2 Å². The second kappa shape index (κ2) is 5.67. The van der Waals surface area contributed by atoms with Crippen LogP contribution in [0.3, 0.4) is 0 Å². The molecule has 16 heavy (non-hydrogen) atoms. The first-order valence-corrected chi connectivity index (χ1v) is 6.71. The van der Waals surface area contributed by atoms with Crippen LogP contribution < -0.4 is 5.32 Å². The molecule has 2 rings (SSSR count). The van der Waals surface area contributed by atoms with E-state index in [0.717, 1.165) is 25.8 Å². The molecule has 0 aromatic heterocycles. The molecule has 1 aliphatic heterocycles. The van der Waals surface area contributed by atoms with E-state index in [9.17, 15) is 4.79 Å². The van der Waals surface area contributed by atoms with Crippen molar-refractivity contribution in [2.75, 3.05) is 6.54 Å². The standard InChI is InChI=1S/C13H23NO2/c1-10-6-2-3-8-12(10)16-13(15)11-7-4-5-9-14-11/h10-12,14H,2-9H2,1H3/t10?,11-,12?/m1/s1. The zero-order valence-electron chi connectivity index (χ0n) is 10.2. The van der Waals surface area contributed by atoms with E-state index in [1.54, 1.807) is 0 Å². The van der Waals surface area contributed by atoms with E-state index >= 15 is 0 Å². The van der Waals surface area contributed by atoms with Gasteiger partial charge in [-0.25, -0.2) is 0 Å². The predicted octanol–water partition coefficient (Wildman–Crippen LogP) is 2.25. The molecule has 0 aromatic carbocycles. The Morgan fingerprint density at radius 2 is 1.88 bits per heavy atom. The van der Waals surface area contributed by atoms with Crippen LogP contribution in [-0.2, 0) is 9.53 Å². The summed E-state index contributed by atoms with van der Waals surface area (Å²) in [5.41, 5.74) is 0. The highest BCUT2D eigenvalue weighted by atomic mass is 16.5. The van der Waals surface area contributed by atoms with Crippen LogP contribution >= 0.6 is 0 Å². The van der Waals surface area contributed by atoms with Gasteiger partial charge in [-0.1, -0.05) is 19.8 Å². The summed E-state index contributed by atoms with van der Waals surface area (Å²) < 4.78 is 5.64. The zero-order chi connectivity index (χ0) is 11.4. The first kappa shape index (κ1) is 11.9. The highest BCUT2D eigenvalue weighted by Crippen LogP contribution is 2.26. The molecule has 3 nitrogen and oxygen atoms in total. The second-order valence-corrected chi connectivity index (χ2v) is 5.24. The van der Waals surface area contributed by atoms with E-state index in [0.29, 0.717) is 5.92 Å². The summed E-state index contributed by atoms with van der Waals surface area (Å²) in [5, 5.41) is 3.25. The fourth-order valence-corrected chi connectivity index (χ4v) is 2.74. The lowest BCUT2D eigenvalue weighted by Gasteiger charge is -2.31. The molecule has 1 heterocycles. The fourth-order valence-electron chi connectivity index (χ4n) is 2.74. The van der Waals surface area contributed by atoms with Crippen LogP contribution in [0.5, 0.6) is 0 Å².